The summed E-state index contributed by atoms with van der Waals surface area (Å²) in [5, 5.41) is 0. The third-order valence-corrected chi connectivity index (χ3v) is 5.94. The summed E-state index contributed by atoms with van der Waals surface area (Å²) in [5.74, 6) is 0.983. The second-order valence-electron chi connectivity index (χ2n) is 6.21. The molecule has 1 aromatic rings. The van der Waals surface area contributed by atoms with Crippen LogP contribution in [0.4, 0.5) is 0 Å². The van der Waals surface area contributed by atoms with Gasteiger partial charge in [0.2, 0.25) is 10.0 Å². The fourth-order valence-corrected chi connectivity index (χ4v) is 4.61. The first kappa shape index (κ1) is 18.0. The monoisotopic (exact) mass is 342 g/mol. The first-order valence-corrected chi connectivity index (χ1v) is 9.79. The van der Waals surface area contributed by atoms with Crippen LogP contribution in [-0.2, 0) is 16.6 Å². The van der Waals surface area contributed by atoms with Crippen molar-refractivity contribution in [1.29, 1.82) is 0 Å². The molecule has 0 bridgehead atoms. The van der Waals surface area contributed by atoms with Gasteiger partial charge in [-0.2, -0.15) is 0 Å². The van der Waals surface area contributed by atoms with Crippen molar-refractivity contribution in [3.63, 3.8) is 0 Å². The summed E-state index contributed by atoms with van der Waals surface area (Å²) in [6, 6.07) is 3.17. The van der Waals surface area contributed by atoms with Crippen molar-refractivity contribution in [3.05, 3.63) is 28.2 Å². The van der Waals surface area contributed by atoms with Crippen molar-refractivity contribution in [3.8, 4) is 5.75 Å². The summed E-state index contributed by atoms with van der Waals surface area (Å²) in [5.41, 5.74) is 0.564. The first-order valence-electron chi connectivity index (χ1n) is 8.14. The smallest absolute Gasteiger partial charge is 0.254 e. The van der Waals surface area contributed by atoms with Gasteiger partial charge in [0.1, 0.15) is 5.75 Å². The van der Waals surface area contributed by atoms with Crippen LogP contribution in [0.5, 0.6) is 5.75 Å². The van der Waals surface area contributed by atoms with Crippen LogP contribution >= 0.6 is 0 Å². The van der Waals surface area contributed by atoms with Crippen LogP contribution in [0.25, 0.3) is 0 Å². The second-order valence-corrected chi connectivity index (χ2v) is 8.06. The van der Waals surface area contributed by atoms with Crippen molar-refractivity contribution >= 4 is 10.0 Å². The summed E-state index contributed by atoms with van der Waals surface area (Å²) < 4.78 is 33.5. The van der Waals surface area contributed by atoms with Crippen LogP contribution in [-0.4, -0.2) is 32.4 Å². The molecule has 130 valence electrons. The van der Waals surface area contributed by atoms with E-state index in [1.807, 2.05) is 0 Å². The Kier molecular flexibility index (Phi) is 6.24. The summed E-state index contributed by atoms with van der Waals surface area (Å²) in [6.07, 6.45) is 5.46. The maximum Gasteiger partial charge on any atom is 0.254 e. The minimum absolute atomic E-state index is 0.187. The fraction of sp³-hybridized carbons (Fsp3) is 0.688. The number of sulfonamides is 1. The summed E-state index contributed by atoms with van der Waals surface area (Å²) in [7, 11) is -1.77. The number of aromatic nitrogens is 1. The fourth-order valence-electron chi connectivity index (χ4n) is 3.14. The third kappa shape index (κ3) is 5.35. The molecule has 1 heterocycles. The maximum absolute atomic E-state index is 12.1. The molecule has 0 spiro atoms. The number of pyridine rings is 1. The van der Waals surface area contributed by atoms with Gasteiger partial charge in [0.25, 0.3) is 5.56 Å². The molecule has 7 heteroatoms. The Morgan fingerprint density at radius 2 is 1.96 bits per heavy atom. The van der Waals surface area contributed by atoms with Crippen molar-refractivity contribution in [2.24, 2.45) is 5.92 Å². The van der Waals surface area contributed by atoms with Crippen molar-refractivity contribution in [1.82, 2.24) is 9.29 Å². The molecule has 1 aromatic heterocycles. The van der Waals surface area contributed by atoms with E-state index in [-0.39, 0.29) is 23.8 Å². The van der Waals surface area contributed by atoms with Crippen LogP contribution in [0, 0.1) is 12.8 Å². The minimum atomic E-state index is -3.28. The minimum Gasteiger partial charge on any atom is -0.496 e. The zero-order chi connectivity index (χ0) is 16.9. The average molecular weight is 342 g/mol. The Morgan fingerprint density at radius 1 is 1.26 bits per heavy atom. The zero-order valence-corrected chi connectivity index (χ0v) is 14.7. The van der Waals surface area contributed by atoms with E-state index in [0.29, 0.717) is 12.3 Å². The average Bonchev–Trinajstić information content (AvgIpc) is 2.50. The lowest BCUT2D eigenvalue weighted by atomic mass is 9.91. The molecule has 0 aromatic carbocycles. The SMILES string of the molecule is COc1cc(C)n(CCNS(=O)(=O)CC2CCCCC2)c(=O)c1. The molecule has 1 aliphatic carbocycles. The number of nitrogens with one attached hydrogen (secondary N) is 1. The van der Waals surface area contributed by atoms with E-state index >= 15 is 0 Å². The van der Waals surface area contributed by atoms with Crippen molar-refractivity contribution < 1.29 is 13.2 Å². The Morgan fingerprint density at radius 3 is 2.57 bits per heavy atom. The van der Waals surface area contributed by atoms with Crippen LogP contribution in [0.1, 0.15) is 37.8 Å². The molecule has 0 saturated heterocycles. The standard InChI is InChI=1S/C16H26N2O4S/c1-13-10-15(22-2)11-16(19)18(13)9-8-17-23(20,21)12-14-6-4-3-5-7-14/h10-11,14,17H,3-9,12H2,1-2H3. The predicted molar refractivity (Wildman–Crippen MR) is 90.4 cm³/mol. The molecule has 1 aliphatic rings. The molecule has 23 heavy (non-hydrogen) atoms. The van der Waals surface area contributed by atoms with Crippen molar-refractivity contribution in [2.45, 2.75) is 45.6 Å². The lowest BCUT2D eigenvalue weighted by Crippen LogP contribution is -2.35. The Labute approximate surface area is 137 Å². The van der Waals surface area contributed by atoms with Gasteiger partial charge in [-0.15, -0.1) is 0 Å². The second kappa shape index (κ2) is 7.97. The van der Waals surface area contributed by atoms with Gasteiger partial charge in [-0.1, -0.05) is 19.3 Å². The Balaban J connectivity index is 1.90. The highest BCUT2D eigenvalue weighted by molar-refractivity contribution is 7.89. The molecule has 0 aliphatic heterocycles. The van der Waals surface area contributed by atoms with Crippen LogP contribution in [0.2, 0.25) is 0 Å². The largest absolute Gasteiger partial charge is 0.496 e. The van der Waals surface area contributed by atoms with E-state index in [0.717, 1.165) is 31.4 Å². The lowest BCUT2D eigenvalue weighted by Gasteiger charge is -2.21. The predicted octanol–water partition coefficient (Wildman–Crippen LogP) is 1.67. The molecule has 1 saturated carbocycles. The number of hydrogen-bond acceptors (Lipinski definition) is 4. The van der Waals surface area contributed by atoms with E-state index in [1.165, 1.54) is 19.6 Å². The summed E-state index contributed by atoms with van der Waals surface area (Å²) in [4.78, 5) is 12.0. The number of methoxy groups -OCH3 is 1. The number of ether oxygens (including phenoxy) is 1. The molecule has 1 fully saturated rings. The van der Waals surface area contributed by atoms with Crippen molar-refractivity contribution in [2.75, 3.05) is 19.4 Å². The lowest BCUT2D eigenvalue weighted by molar-refractivity contribution is 0.383. The summed E-state index contributed by atoms with van der Waals surface area (Å²) in [6.45, 7) is 2.35. The summed E-state index contributed by atoms with van der Waals surface area (Å²) >= 11 is 0. The van der Waals surface area contributed by atoms with Gasteiger partial charge < -0.3 is 9.30 Å². The van der Waals surface area contributed by atoms with Gasteiger partial charge in [0.15, 0.2) is 0 Å². The highest BCUT2D eigenvalue weighted by Crippen LogP contribution is 2.24. The van der Waals surface area contributed by atoms with E-state index in [9.17, 15) is 13.2 Å². The van der Waals surface area contributed by atoms with E-state index < -0.39 is 10.0 Å². The topological polar surface area (TPSA) is 77.4 Å². The highest BCUT2D eigenvalue weighted by atomic mass is 32.2. The Bertz CT molecular complexity index is 676. The molecule has 0 radical (unpaired) electrons. The number of nitrogens with zero attached hydrogens (tertiary/aromatic N) is 1. The van der Waals surface area contributed by atoms with E-state index in [4.69, 9.17) is 4.74 Å². The molecular formula is C16H26N2O4S. The molecule has 0 unspecified atom stereocenters. The van der Waals surface area contributed by atoms with Crippen LogP contribution in [0.15, 0.2) is 16.9 Å². The first-order chi connectivity index (χ1) is 10.9. The highest BCUT2D eigenvalue weighted by Gasteiger charge is 2.20. The number of rotatable bonds is 7. The van der Waals surface area contributed by atoms with Gasteiger partial charge in [0, 0.05) is 24.8 Å². The number of aryl methyl sites for hydroxylation is 1. The molecule has 6 nitrogen and oxygen atoms in total. The van der Waals surface area contributed by atoms with E-state index in [1.54, 1.807) is 17.6 Å². The van der Waals surface area contributed by atoms with Gasteiger partial charge in [0.05, 0.1) is 12.9 Å². The van der Waals surface area contributed by atoms with Crippen LogP contribution < -0.4 is 15.0 Å². The van der Waals surface area contributed by atoms with Crippen LogP contribution in [0.3, 0.4) is 0 Å². The number of hydrogen-bond donors (Lipinski definition) is 1. The Hall–Kier alpha value is -1.34. The molecule has 1 N–H and O–H groups in total. The molecule has 0 atom stereocenters. The maximum atomic E-state index is 12.1. The van der Waals surface area contributed by atoms with E-state index in [2.05, 4.69) is 4.72 Å². The molecular weight excluding hydrogens is 316 g/mol. The normalized spacial score (nSPS) is 16.4. The molecule has 2 rings (SSSR count). The third-order valence-electron chi connectivity index (χ3n) is 4.38. The quantitative estimate of drug-likeness (QED) is 0.817. The van der Waals surface area contributed by atoms with Gasteiger partial charge >= 0.3 is 0 Å². The zero-order valence-electron chi connectivity index (χ0n) is 13.9. The molecule has 0 amide bonds. The van der Waals surface area contributed by atoms with Gasteiger partial charge in [-0.05, 0) is 31.7 Å². The van der Waals surface area contributed by atoms with Gasteiger partial charge in [-0.25, -0.2) is 13.1 Å². The van der Waals surface area contributed by atoms with Gasteiger partial charge in [-0.3, -0.25) is 4.79 Å².